The third kappa shape index (κ3) is 4.19. The smallest absolute Gasteiger partial charge is 0.0409 e. The van der Waals surface area contributed by atoms with Gasteiger partial charge in [0.05, 0.1) is 0 Å². The molecule has 2 atom stereocenters. The Morgan fingerprint density at radius 1 is 1.35 bits per heavy atom. The van der Waals surface area contributed by atoms with Crippen LogP contribution in [0.2, 0.25) is 5.02 Å². The summed E-state index contributed by atoms with van der Waals surface area (Å²) in [4.78, 5) is 4.87. The number of hydrogen-bond donors (Lipinski definition) is 1. The van der Waals surface area contributed by atoms with E-state index in [1.54, 1.807) is 0 Å². The minimum absolute atomic E-state index is 0.384. The van der Waals surface area contributed by atoms with Crippen LogP contribution in [0.4, 0.5) is 0 Å². The van der Waals surface area contributed by atoms with E-state index < -0.39 is 0 Å². The number of benzene rings is 1. The average Bonchev–Trinajstić information content (AvgIpc) is 2.43. The zero-order valence-corrected chi connectivity index (χ0v) is 13.5. The third-order valence-corrected chi connectivity index (χ3v) is 4.47. The molecule has 1 aromatic carbocycles. The molecule has 1 N–H and O–H groups in total. The molecule has 0 saturated carbocycles. The van der Waals surface area contributed by atoms with Crippen LogP contribution in [0, 0.1) is 0 Å². The van der Waals surface area contributed by atoms with Gasteiger partial charge in [-0.05, 0) is 38.2 Å². The van der Waals surface area contributed by atoms with Gasteiger partial charge in [-0.15, -0.1) is 0 Å². The number of halogens is 1. The fourth-order valence-corrected chi connectivity index (χ4v) is 3.02. The van der Waals surface area contributed by atoms with Gasteiger partial charge in [-0.25, -0.2) is 0 Å². The van der Waals surface area contributed by atoms with Gasteiger partial charge in [0.25, 0.3) is 0 Å². The van der Waals surface area contributed by atoms with E-state index in [0.29, 0.717) is 12.1 Å². The number of nitrogens with zero attached hydrogens (tertiary/aromatic N) is 2. The van der Waals surface area contributed by atoms with Crippen LogP contribution in [0.1, 0.15) is 24.9 Å². The maximum absolute atomic E-state index is 6.09. The molecule has 3 nitrogen and oxygen atoms in total. The molecule has 4 heteroatoms. The van der Waals surface area contributed by atoms with Crippen LogP contribution < -0.4 is 5.32 Å². The predicted molar refractivity (Wildman–Crippen MR) is 86.4 cm³/mol. The van der Waals surface area contributed by atoms with Crippen molar-refractivity contribution >= 4 is 11.6 Å². The highest BCUT2D eigenvalue weighted by atomic mass is 35.5. The second-order valence-electron chi connectivity index (χ2n) is 5.82. The maximum atomic E-state index is 6.09. The molecule has 1 saturated heterocycles. The summed E-state index contributed by atoms with van der Waals surface area (Å²) in [6, 6.07) is 9.16. The monoisotopic (exact) mass is 295 g/mol. The largest absolute Gasteiger partial charge is 0.308 e. The lowest BCUT2D eigenvalue weighted by atomic mass is 10.0. The molecule has 1 aromatic rings. The molecule has 1 aliphatic heterocycles. The van der Waals surface area contributed by atoms with Crippen LogP contribution in [0.3, 0.4) is 0 Å². The summed E-state index contributed by atoms with van der Waals surface area (Å²) in [5.41, 5.74) is 1.28. The van der Waals surface area contributed by atoms with Crippen molar-refractivity contribution in [2.45, 2.75) is 25.4 Å². The molecule has 1 heterocycles. The van der Waals surface area contributed by atoms with Gasteiger partial charge < -0.3 is 10.2 Å². The van der Waals surface area contributed by atoms with E-state index in [4.69, 9.17) is 11.6 Å². The summed E-state index contributed by atoms with van der Waals surface area (Å²) in [6.45, 7) is 6.69. The fourth-order valence-electron chi connectivity index (χ4n) is 2.82. The summed E-state index contributed by atoms with van der Waals surface area (Å²) in [5.74, 6) is 0. The van der Waals surface area contributed by atoms with E-state index in [-0.39, 0.29) is 0 Å². The molecule has 0 bridgehead atoms. The first-order valence-corrected chi connectivity index (χ1v) is 7.85. The summed E-state index contributed by atoms with van der Waals surface area (Å²) < 4.78 is 0. The van der Waals surface area contributed by atoms with Gasteiger partial charge in [0.15, 0.2) is 0 Å². The Balaban J connectivity index is 1.93. The summed E-state index contributed by atoms with van der Waals surface area (Å²) in [5, 5.41) is 4.52. The molecule has 2 unspecified atom stereocenters. The van der Waals surface area contributed by atoms with Gasteiger partial charge in [-0.2, -0.15) is 0 Å². The van der Waals surface area contributed by atoms with E-state index in [1.807, 2.05) is 12.1 Å². The number of nitrogens with one attached hydrogen (secondary N) is 1. The molecule has 2 rings (SSSR count). The topological polar surface area (TPSA) is 18.5 Å². The fraction of sp³-hybridized carbons (Fsp3) is 0.625. The van der Waals surface area contributed by atoms with E-state index in [1.165, 1.54) is 12.1 Å². The lowest BCUT2D eigenvalue weighted by Crippen LogP contribution is -2.54. The minimum Gasteiger partial charge on any atom is -0.308 e. The van der Waals surface area contributed by atoms with Gasteiger partial charge in [0, 0.05) is 43.3 Å². The Labute approximate surface area is 127 Å². The number of piperazine rings is 1. The van der Waals surface area contributed by atoms with E-state index in [9.17, 15) is 0 Å². The van der Waals surface area contributed by atoms with Crippen LogP contribution in [-0.4, -0.2) is 56.1 Å². The first kappa shape index (κ1) is 15.8. The Morgan fingerprint density at radius 2 is 2.15 bits per heavy atom. The molecule has 0 aromatic heterocycles. The van der Waals surface area contributed by atoms with Crippen LogP contribution in [0.15, 0.2) is 24.3 Å². The summed E-state index contributed by atoms with van der Waals surface area (Å²) in [6.07, 6.45) is 1.08. The molecule has 0 spiro atoms. The molecule has 0 aliphatic carbocycles. The van der Waals surface area contributed by atoms with Gasteiger partial charge in [0.1, 0.15) is 0 Å². The Morgan fingerprint density at radius 3 is 2.85 bits per heavy atom. The van der Waals surface area contributed by atoms with Gasteiger partial charge in [-0.3, -0.25) is 4.90 Å². The quantitative estimate of drug-likeness (QED) is 0.901. The van der Waals surface area contributed by atoms with Crippen LogP contribution >= 0.6 is 11.6 Å². The highest BCUT2D eigenvalue weighted by Gasteiger charge is 2.22. The Hall–Kier alpha value is -0.610. The van der Waals surface area contributed by atoms with Crippen molar-refractivity contribution in [3.8, 4) is 0 Å². The highest BCUT2D eigenvalue weighted by Crippen LogP contribution is 2.20. The lowest BCUT2D eigenvalue weighted by Gasteiger charge is -2.38. The van der Waals surface area contributed by atoms with Gasteiger partial charge in [0.2, 0.25) is 0 Å². The van der Waals surface area contributed by atoms with Crippen LogP contribution in [-0.2, 0) is 0 Å². The van der Waals surface area contributed by atoms with E-state index >= 15 is 0 Å². The van der Waals surface area contributed by atoms with Gasteiger partial charge >= 0.3 is 0 Å². The molecular weight excluding hydrogens is 270 g/mol. The van der Waals surface area contributed by atoms with Crippen molar-refractivity contribution < 1.29 is 0 Å². The SMILES string of the molecule is CCC(NCC1CN(C)CCN1C)c1cccc(Cl)c1. The van der Waals surface area contributed by atoms with Gasteiger partial charge in [-0.1, -0.05) is 30.7 Å². The number of likely N-dealkylation sites (N-methyl/N-ethyl adjacent to an activating group) is 2. The van der Waals surface area contributed by atoms with Crippen molar-refractivity contribution in [3.63, 3.8) is 0 Å². The van der Waals surface area contributed by atoms with Crippen molar-refractivity contribution in [2.75, 3.05) is 40.3 Å². The average molecular weight is 296 g/mol. The van der Waals surface area contributed by atoms with Crippen molar-refractivity contribution in [2.24, 2.45) is 0 Å². The first-order valence-electron chi connectivity index (χ1n) is 7.47. The molecular formula is C16H26ClN3. The predicted octanol–water partition coefficient (Wildman–Crippen LogP) is 2.63. The van der Waals surface area contributed by atoms with E-state index in [2.05, 4.69) is 48.3 Å². The third-order valence-electron chi connectivity index (χ3n) is 4.24. The summed E-state index contributed by atoms with van der Waals surface area (Å²) in [7, 11) is 4.42. The van der Waals surface area contributed by atoms with Crippen molar-refractivity contribution in [1.29, 1.82) is 0 Å². The van der Waals surface area contributed by atoms with Crippen LogP contribution in [0.25, 0.3) is 0 Å². The lowest BCUT2D eigenvalue weighted by molar-refractivity contribution is 0.111. The summed E-state index contributed by atoms with van der Waals surface area (Å²) >= 11 is 6.09. The Bertz CT molecular complexity index is 424. The second kappa shape index (κ2) is 7.41. The molecule has 0 radical (unpaired) electrons. The number of rotatable bonds is 5. The molecule has 1 aliphatic rings. The molecule has 112 valence electrons. The zero-order valence-electron chi connectivity index (χ0n) is 12.8. The standard InChI is InChI=1S/C16H26ClN3/c1-4-16(13-6-5-7-14(17)10-13)18-11-15-12-19(2)8-9-20(15)3/h5-7,10,15-16,18H,4,8-9,11-12H2,1-3H3. The maximum Gasteiger partial charge on any atom is 0.0409 e. The normalized spacial score (nSPS) is 22.9. The minimum atomic E-state index is 0.384. The molecule has 20 heavy (non-hydrogen) atoms. The van der Waals surface area contributed by atoms with Crippen molar-refractivity contribution in [3.05, 3.63) is 34.9 Å². The van der Waals surface area contributed by atoms with Crippen LogP contribution in [0.5, 0.6) is 0 Å². The molecule has 0 amide bonds. The highest BCUT2D eigenvalue weighted by molar-refractivity contribution is 6.30. The second-order valence-corrected chi connectivity index (χ2v) is 6.26. The first-order chi connectivity index (χ1) is 9.60. The Kier molecular flexibility index (Phi) is 5.85. The van der Waals surface area contributed by atoms with Crippen molar-refractivity contribution in [1.82, 2.24) is 15.1 Å². The van der Waals surface area contributed by atoms with E-state index in [0.717, 1.165) is 31.1 Å². The number of hydrogen-bond acceptors (Lipinski definition) is 3. The zero-order chi connectivity index (χ0) is 14.5. The molecule has 1 fully saturated rings.